The molecule has 29 heavy (non-hydrogen) atoms. The van der Waals surface area contributed by atoms with Gasteiger partial charge in [0, 0.05) is 7.11 Å². The monoisotopic (exact) mass is 393 g/mol. The van der Waals surface area contributed by atoms with Crippen LogP contribution >= 0.6 is 0 Å². The Morgan fingerprint density at radius 3 is 2.59 bits per heavy atom. The van der Waals surface area contributed by atoms with E-state index in [2.05, 4.69) is 20.3 Å². The molecule has 0 unspecified atom stereocenters. The molecule has 146 valence electrons. The van der Waals surface area contributed by atoms with Crippen molar-refractivity contribution in [3.05, 3.63) is 59.3 Å². The molecule has 10 heteroatoms. The van der Waals surface area contributed by atoms with E-state index in [0.29, 0.717) is 33.7 Å². The van der Waals surface area contributed by atoms with Gasteiger partial charge in [0.2, 0.25) is 0 Å². The van der Waals surface area contributed by atoms with E-state index in [-0.39, 0.29) is 17.7 Å². The number of imidazole rings is 1. The maximum absolute atomic E-state index is 11.3. The Hall–Kier alpha value is -4.05. The van der Waals surface area contributed by atoms with Crippen molar-refractivity contribution in [3.63, 3.8) is 0 Å². The number of rotatable bonds is 6. The molecule has 4 aromatic rings. The van der Waals surface area contributed by atoms with Crippen molar-refractivity contribution >= 4 is 40.0 Å². The summed E-state index contributed by atoms with van der Waals surface area (Å²) < 4.78 is 6.82. The molecular formula is C19H15N5O5. The molecule has 2 aromatic carbocycles. The SMILES string of the molecule is COCc1[nH]n2c(nc3ccc(C(=O)O)cc32)c1N=Nc1cccc(C(=O)O)c1. The Morgan fingerprint density at radius 2 is 1.86 bits per heavy atom. The first-order valence-corrected chi connectivity index (χ1v) is 8.48. The van der Waals surface area contributed by atoms with Crippen LogP contribution in [-0.4, -0.2) is 43.9 Å². The van der Waals surface area contributed by atoms with Crippen LogP contribution in [-0.2, 0) is 11.3 Å². The highest BCUT2D eigenvalue weighted by Crippen LogP contribution is 2.31. The lowest BCUT2D eigenvalue weighted by atomic mass is 10.2. The summed E-state index contributed by atoms with van der Waals surface area (Å²) in [6.45, 7) is 0.201. The first kappa shape index (κ1) is 18.3. The van der Waals surface area contributed by atoms with Crippen molar-refractivity contribution in [2.45, 2.75) is 6.61 Å². The number of carboxylic acid groups (broad SMARTS) is 2. The van der Waals surface area contributed by atoms with E-state index >= 15 is 0 Å². The van der Waals surface area contributed by atoms with Gasteiger partial charge < -0.3 is 14.9 Å². The number of carbonyl (C=O) groups is 2. The van der Waals surface area contributed by atoms with Crippen LogP contribution in [0.5, 0.6) is 0 Å². The van der Waals surface area contributed by atoms with Crippen molar-refractivity contribution in [1.82, 2.24) is 14.6 Å². The molecule has 0 radical (unpaired) electrons. The highest BCUT2D eigenvalue weighted by Gasteiger charge is 2.18. The van der Waals surface area contributed by atoms with Gasteiger partial charge in [0.05, 0.1) is 40.1 Å². The number of hydrogen-bond acceptors (Lipinski definition) is 6. The third-order valence-electron chi connectivity index (χ3n) is 4.29. The Bertz CT molecular complexity index is 1290. The van der Waals surface area contributed by atoms with E-state index in [1.807, 2.05) is 0 Å². The second-order valence-electron chi connectivity index (χ2n) is 6.21. The molecule has 0 atom stereocenters. The van der Waals surface area contributed by atoms with Gasteiger partial charge in [-0.25, -0.2) is 19.1 Å². The molecule has 10 nitrogen and oxygen atoms in total. The molecule has 0 aliphatic heterocycles. The van der Waals surface area contributed by atoms with Crippen LogP contribution in [0, 0.1) is 0 Å². The average molecular weight is 393 g/mol. The zero-order valence-electron chi connectivity index (χ0n) is 15.2. The van der Waals surface area contributed by atoms with Gasteiger partial charge in [-0.2, -0.15) is 5.11 Å². The van der Waals surface area contributed by atoms with E-state index < -0.39 is 11.9 Å². The molecular weight excluding hydrogens is 378 g/mol. The topological polar surface area (TPSA) is 142 Å². The number of nitrogens with one attached hydrogen (secondary N) is 1. The lowest BCUT2D eigenvalue weighted by Crippen LogP contribution is -1.96. The van der Waals surface area contributed by atoms with Gasteiger partial charge in [0.15, 0.2) is 11.3 Å². The third kappa shape index (κ3) is 3.32. The van der Waals surface area contributed by atoms with Crippen LogP contribution in [0.4, 0.5) is 11.4 Å². The second kappa shape index (κ2) is 7.17. The van der Waals surface area contributed by atoms with Gasteiger partial charge in [0.25, 0.3) is 0 Å². The molecule has 0 aliphatic rings. The Balaban J connectivity index is 1.84. The molecule has 0 aliphatic carbocycles. The van der Waals surface area contributed by atoms with E-state index in [4.69, 9.17) is 9.84 Å². The van der Waals surface area contributed by atoms with Crippen molar-refractivity contribution in [3.8, 4) is 0 Å². The fourth-order valence-corrected chi connectivity index (χ4v) is 2.96. The van der Waals surface area contributed by atoms with Crippen LogP contribution in [0.3, 0.4) is 0 Å². The predicted molar refractivity (Wildman–Crippen MR) is 102 cm³/mol. The lowest BCUT2D eigenvalue weighted by molar-refractivity contribution is 0.0686. The number of ether oxygens (including phenoxy) is 1. The maximum Gasteiger partial charge on any atom is 0.335 e. The standard InChI is InChI=1S/C19H15N5O5/c1-29-9-14-16(22-21-12-4-2-3-10(7-12)18(25)26)17-20-13-6-5-11(19(27)28)8-15(13)24(17)23-14/h2-8,23H,9H2,1H3,(H,25,26)(H,27,28). The lowest BCUT2D eigenvalue weighted by Gasteiger charge is -1.98. The van der Waals surface area contributed by atoms with Crippen LogP contribution in [0.1, 0.15) is 26.4 Å². The molecule has 0 spiro atoms. The minimum absolute atomic E-state index is 0.102. The smallest absolute Gasteiger partial charge is 0.335 e. The fourth-order valence-electron chi connectivity index (χ4n) is 2.96. The number of hydrogen-bond donors (Lipinski definition) is 3. The van der Waals surface area contributed by atoms with Gasteiger partial charge in [-0.05, 0) is 36.4 Å². The number of aromatic nitrogens is 3. The zero-order valence-corrected chi connectivity index (χ0v) is 15.2. The zero-order chi connectivity index (χ0) is 20.5. The van der Waals surface area contributed by atoms with Gasteiger partial charge in [0.1, 0.15) is 0 Å². The Labute approximate surface area is 163 Å². The summed E-state index contributed by atoms with van der Waals surface area (Å²) in [5.41, 5.74) is 3.24. The van der Waals surface area contributed by atoms with Crippen LogP contribution in [0.2, 0.25) is 0 Å². The summed E-state index contributed by atoms with van der Waals surface area (Å²) >= 11 is 0. The third-order valence-corrected chi connectivity index (χ3v) is 4.29. The molecule has 0 saturated heterocycles. The van der Waals surface area contributed by atoms with Crippen LogP contribution in [0.15, 0.2) is 52.7 Å². The number of H-pyrrole nitrogens is 1. The number of methoxy groups -OCH3 is 1. The Morgan fingerprint density at radius 1 is 1.10 bits per heavy atom. The van der Waals surface area contributed by atoms with E-state index in [9.17, 15) is 14.7 Å². The molecule has 0 fully saturated rings. The van der Waals surface area contributed by atoms with Gasteiger partial charge in [-0.3, -0.25) is 5.10 Å². The minimum Gasteiger partial charge on any atom is -0.478 e. The van der Waals surface area contributed by atoms with Crippen LogP contribution < -0.4 is 0 Å². The van der Waals surface area contributed by atoms with Crippen LogP contribution in [0.25, 0.3) is 16.7 Å². The average Bonchev–Trinajstić information content (AvgIpc) is 3.22. The quantitative estimate of drug-likeness (QED) is 0.426. The summed E-state index contributed by atoms with van der Waals surface area (Å²) in [7, 11) is 1.53. The summed E-state index contributed by atoms with van der Waals surface area (Å²) in [5.74, 6) is -2.09. The molecule has 0 bridgehead atoms. The minimum atomic E-state index is -1.06. The molecule has 4 rings (SSSR count). The summed E-state index contributed by atoms with van der Waals surface area (Å²) in [4.78, 5) is 26.9. The molecule has 0 saturated carbocycles. The van der Waals surface area contributed by atoms with Gasteiger partial charge in [-0.1, -0.05) is 6.07 Å². The summed E-state index contributed by atoms with van der Waals surface area (Å²) in [6.07, 6.45) is 0. The van der Waals surface area contributed by atoms with Crippen molar-refractivity contribution in [2.75, 3.05) is 7.11 Å². The van der Waals surface area contributed by atoms with E-state index in [1.165, 1.54) is 31.4 Å². The number of fused-ring (bicyclic) bond motifs is 3. The van der Waals surface area contributed by atoms with Crippen molar-refractivity contribution in [2.24, 2.45) is 10.2 Å². The molecule has 2 aromatic heterocycles. The number of azo groups is 1. The number of benzene rings is 2. The predicted octanol–water partition coefficient (Wildman–Crippen LogP) is 3.77. The van der Waals surface area contributed by atoms with Gasteiger partial charge in [-0.15, -0.1) is 5.11 Å². The molecule has 3 N–H and O–H groups in total. The molecule has 0 amide bonds. The first-order valence-electron chi connectivity index (χ1n) is 8.48. The summed E-state index contributed by atoms with van der Waals surface area (Å²) in [6, 6.07) is 10.7. The second-order valence-corrected chi connectivity index (χ2v) is 6.21. The number of aromatic carboxylic acids is 2. The highest BCUT2D eigenvalue weighted by molar-refractivity contribution is 5.94. The number of aromatic amines is 1. The van der Waals surface area contributed by atoms with E-state index in [1.54, 1.807) is 22.7 Å². The van der Waals surface area contributed by atoms with E-state index in [0.717, 1.165) is 0 Å². The van der Waals surface area contributed by atoms with Crippen molar-refractivity contribution in [1.29, 1.82) is 0 Å². The normalized spacial score (nSPS) is 11.6. The number of carboxylic acids is 2. The van der Waals surface area contributed by atoms with Crippen molar-refractivity contribution < 1.29 is 24.5 Å². The maximum atomic E-state index is 11.3. The fraction of sp³-hybridized carbons (Fsp3) is 0.105. The molecule has 2 heterocycles. The largest absolute Gasteiger partial charge is 0.478 e. The number of nitrogens with zero attached hydrogens (tertiary/aromatic N) is 4. The first-order chi connectivity index (χ1) is 14.0. The highest BCUT2D eigenvalue weighted by atomic mass is 16.5. The van der Waals surface area contributed by atoms with Gasteiger partial charge >= 0.3 is 11.9 Å². The summed E-state index contributed by atoms with van der Waals surface area (Å²) in [5, 5.41) is 29.8. The Kier molecular flexibility index (Phi) is 4.53.